The Morgan fingerprint density at radius 1 is 1.18 bits per heavy atom. The summed E-state index contributed by atoms with van der Waals surface area (Å²) in [5, 5.41) is 0. The molecule has 0 aromatic heterocycles. The van der Waals surface area contributed by atoms with E-state index in [0.717, 1.165) is 6.42 Å². The summed E-state index contributed by atoms with van der Waals surface area (Å²) < 4.78 is 0. The third-order valence-corrected chi connectivity index (χ3v) is 1.36. The Morgan fingerprint density at radius 3 is 2.36 bits per heavy atom. The minimum Gasteiger partial charge on any atom is -0.245 e. The first kappa shape index (κ1) is 8.83. The molecule has 0 N–H and O–H groups in total. The zero-order chi connectivity index (χ0) is 7.23. The van der Waals surface area contributed by atoms with Crippen LogP contribution in [0.15, 0.2) is 42.5 Å². The molecule has 0 aliphatic rings. The van der Waals surface area contributed by atoms with Gasteiger partial charge in [0, 0.05) is 0 Å². The molecule has 0 unspecified atom stereocenters. The van der Waals surface area contributed by atoms with Crippen molar-refractivity contribution in [2.45, 2.75) is 6.42 Å². The molecule has 0 heterocycles. The SMILES string of the molecule is [CH2-]C=CCc1ccccc1.[Rf]. The summed E-state index contributed by atoms with van der Waals surface area (Å²) in [4.78, 5) is 0. The quantitative estimate of drug-likeness (QED) is 0.673. The minimum absolute atomic E-state index is 0. The summed E-state index contributed by atoms with van der Waals surface area (Å²) >= 11 is 0. The molecule has 0 atom stereocenters. The van der Waals surface area contributed by atoms with Gasteiger partial charge in [-0.15, -0.1) is 0 Å². The molecular weight excluding hydrogens is 387 g/mol. The Morgan fingerprint density at radius 2 is 1.82 bits per heavy atom. The number of allylic oxidation sites excluding steroid dienone is 2. The van der Waals surface area contributed by atoms with Crippen LogP contribution in [-0.4, -0.2) is 0 Å². The van der Waals surface area contributed by atoms with E-state index in [-0.39, 0.29) is 0 Å². The van der Waals surface area contributed by atoms with Gasteiger partial charge in [-0.05, 0) is 0 Å². The molecule has 0 fully saturated rings. The molecule has 0 spiro atoms. The largest absolute Gasteiger partial charge is 0.245 e. The van der Waals surface area contributed by atoms with Crippen molar-refractivity contribution >= 4 is 0 Å². The fraction of sp³-hybridized carbons (Fsp3) is 0.100. The fourth-order valence-electron chi connectivity index (χ4n) is 0.834. The maximum absolute atomic E-state index is 3.62. The second-order valence-corrected chi connectivity index (χ2v) is 2.16. The van der Waals surface area contributed by atoms with E-state index >= 15 is 0 Å². The van der Waals surface area contributed by atoms with Crippen LogP contribution >= 0.6 is 0 Å². The molecule has 0 nitrogen and oxygen atoms in total. The monoisotopic (exact) mass is 398 g/mol. The fourth-order valence-corrected chi connectivity index (χ4v) is 0.834. The third kappa shape index (κ3) is 2.75. The first-order valence-corrected chi connectivity index (χ1v) is 3.41. The zero-order valence-electron chi connectivity index (χ0n) is 6.66. The van der Waals surface area contributed by atoms with Crippen LogP contribution in [-0.2, 0) is 6.42 Å². The van der Waals surface area contributed by atoms with Crippen molar-refractivity contribution in [3.05, 3.63) is 55.0 Å². The van der Waals surface area contributed by atoms with Crippen molar-refractivity contribution in [3.63, 3.8) is 0 Å². The second kappa shape index (κ2) is 4.68. The molecule has 0 saturated carbocycles. The van der Waals surface area contributed by atoms with E-state index in [9.17, 15) is 0 Å². The van der Waals surface area contributed by atoms with Crippen LogP contribution < -0.4 is 0 Å². The summed E-state index contributed by atoms with van der Waals surface area (Å²) in [5.41, 5.74) is 1.34. The van der Waals surface area contributed by atoms with Crippen molar-refractivity contribution in [2.24, 2.45) is 0 Å². The van der Waals surface area contributed by atoms with E-state index in [2.05, 4.69) is 25.1 Å². The number of benzene rings is 1. The molecule has 0 aliphatic carbocycles. The van der Waals surface area contributed by atoms with Gasteiger partial charge >= 0.3 is 0 Å². The predicted molar refractivity (Wildman–Crippen MR) is 44.6 cm³/mol. The Kier molecular flexibility index (Phi) is 3.76. The van der Waals surface area contributed by atoms with Crippen molar-refractivity contribution in [1.82, 2.24) is 0 Å². The summed E-state index contributed by atoms with van der Waals surface area (Å²) in [6.45, 7) is 3.62. The molecule has 1 aromatic carbocycles. The molecule has 0 aliphatic heterocycles. The van der Waals surface area contributed by atoms with Gasteiger partial charge in [0.1, 0.15) is 0 Å². The molecule has 11 heavy (non-hydrogen) atoms. The van der Waals surface area contributed by atoms with Crippen LogP contribution in [0.25, 0.3) is 0 Å². The summed E-state index contributed by atoms with van der Waals surface area (Å²) in [6.07, 6.45) is 4.87. The summed E-state index contributed by atoms with van der Waals surface area (Å²) in [5.74, 6) is 0. The van der Waals surface area contributed by atoms with E-state index in [4.69, 9.17) is 0 Å². The zero-order valence-corrected chi connectivity index (χ0v) is 13.1. The van der Waals surface area contributed by atoms with Crippen molar-refractivity contribution in [1.29, 1.82) is 0 Å². The van der Waals surface area contributed by atoms with E-state index < -0.39 is 0 Å². The predicted octanol–water partition coefficient (Wildman–Crippen LogP) is 2.62. The Balaban J connectivity index is 0.000001000. The van der Waals surface area contributed by atoms with Gasteiger partial charge in [-0.25, -0.2) is 19.1 Å². The summed E-state index contributed by atoms with van der Waals surface area (Å²) in [6, 6.07) is 10.3. The average molecular weight is 398 g/mol. The molecule has 1 aromatic rings. The van der Waals surface area contributed by atoms with Crippen molar-refractivity contribution < 1.29 is 0 Å². The maximum atomic E-state index is 3.62. The van der Waals surface area contributed by atoms with Gasteiger partial charge < -0.3 is 0 Å². The third-order valence-electron chi connectivity index (χ3n) is 1.36. The van der Waals surface area contributed by atoms with Gasteiger partial charge in [0.15, 0.2) is 0 Å². The van der Waals surface area contributed by atoms with E-state index in [1.165, 1.54) is 5.56 Å². The topological polar surface area (TPSA) is 0 Å². The van der Waals surface area contributed by atoms with Crippen molar-refractivity contribution in [2.75, 3.05) is 0 Å². The van der Waals surface area contributed by atoms with Gasteiger partial charge in [0.05, 0.1) is 0 Å². The van der Waals surface area contributed by atoms with Crippen LogP contribution in [0.1, 0.15) is 5.56 Å². The molecule has 1 heteroatoms. The normalized spacial score (nSPS) is 9.45. The first-order chi connectivity index (χ1) is 4.93. The van der Waals surface area contributed by atoms with E-state index in [0.29, 0.717) is 0 Å². The molecule has 1 rings (SSSR count). The molecule has 0 amide bonds. The molecule has 54 valence electrons. The van der Waals surface area contributed by atoms with Crippen LogP contribution in [0.5, 0.6) is 0 Å². The van der Waals surface area contributed by atoms with Gasteiger partial charge in [0.25, 0.3) is 0 Å². The van der Waals surface area contributed by atoms with Crippen LogP contribution in [0.2, 0.25) is 0 Å². The minimum atomic E-state index is 0. The Labute approximate surface area is 62.2 Å². The number of hydrogen-bond donors (Lipinski definition) is 0. The van der Waals surface area contributed by atoms with Crippen LogP contribution in [0, 0.1) is 6.92 Å². The standard InChI is InChI=1S/C10H11.Rf/c1-2-3-7-10-8-5-4-6-9-10;/h2-6,8-9H,1,7H2;/q-1;. The molecule has 0 saturated heterocycles. The Hall–Kier alpha value is -2.17. The van der Waals surface area contributed by atoms with Crippen LogP contribution in [0.4, 0.5) is 0 Å². The number of rotatable bonds is 2. The smallest absolute Gasteiger partial charge is 0 e. The van der Waals surface area contributed by atoms with Gasteiger partial charge in [-0.1, -0.05) is 42.3 Å². The molecule has 0 radical (unpaired) electrons. The Bertz CT molecular complexity index is 201. The van der Waals surface area contributed by atoms with Gasteiger partial charge in [0.2, 0.25) is 0 Å². The number of hydrogen-bond acceptors (Lipinski definition) is 0. The maximum Gasteiger partial charge on any atom is 0 e. The average Bonchev–Trinajstić information content (AvgIpc) is 2.03. The van der Waals surface area contributed by atoms with Gasteiger partial charge in [-0.3, -0.25) is 0 Å². The van der Waals surface area contributed by atoms with Crippen LogP contribution in [0.3, 0.4) is 0 Å². The molecular formula is C10H11Rf-. The second-order valence-electron chi connectivity index (χ2n) is 2.16. The van der Waals surface area contributed by atoms with E-state index in [1.807, 2.05) is 24.3 Å². The van der Waals surface area contributed by atoms with Crippen molar-refractivity contribution in [3.8, 4) is 0 Å². The first-order valence-electron chi connectivity index (χ1n) is 3.41. The van der Waals surface area contributed by atoms with Gasteiger partial charge in [-0.2, -0.15) is 0 Å². The molecule has 0 bridgehead atoms. The van der Waals surface area contributed by atoms with E-state index in [1.54, 1.807) is 0 Å². The summed E-state index contributed by atoms with van der Waals surface area (Å²) in [7, 11) is 0.